The van der Waals surface area contributed by atoms with Crippen LogP contribution in [-0.2, 0) is 6.18 Å². The van der Waals surface area contributed by atoms with Crippen LogP contribution in [0.1, 0.15) is 25.3 Å². The lowest BCUT2D eigenvalue weighted by Gasteiger charge is -2.12. The van der Waals surface area contributed by atoms with E-state index in [0.29, 0.717) is 5.82 Å². The average Bonchev–Trinajstić information content (AvgIpc) is 2.49. The van der Waals surface area contributed by atoms with E-state index in [9.17, 15) is 13.2 Å². The van der Waals surface area contributed by atoms with Crippen molar-refractivity contribution in [3.63, 3.8) is 0 Å². The van der Waals surface area contributed by atoms with E-state index in [1.54, 1.807) is 0 Å². The third kappa shape index (κ3) is 4.95. The van der Waals surface area contributed by atoms with Crippen molar-refractivity contribution in [3.8, 4) is 0 Å². The summed E-state index contributed by atoms with van der Waals surface area (Å²) in [5, 5.41) is 12.9. The second-order valence-electron chi connectivity index (χ2n) is 4.76. The highest BCUT2D eigenvalue weighted by Crippen LogP contribution is 2.36. The van der Waals surface area contributed by atoms with Gasteiger partial charge in [-0.1, -0.05) is 24.9 Å². The Hall–Kier alpha value is -2.09. The first-order chi connectivity index (χ1) is 10.9. The molecule has 2 aromatic rings. The molecule has 2 rings (SSSR count). The van der Waals surface area contributed by atoms with Crippen molar-refractivity contribution in [1.29, 1.82) is 0 Å². The van der Waals surface area contributed by atoms with Crippen LogP contribution in [0.4, 0.5) is 30.6 Å². The van der Waals surface area contributed by atoms with E-state index in [1.807, 2.05) is 0 Å². The van der Waals surface area contributed by atoms with Crippen LogP contribution in [0.15, 0.2) is 24.4 Å². The predicted molar refractivity (Wildman–Crippen MR) is 83.0 cm³/mol. The van der Waals surface area contributed by atoms with Crippen LogP contribution < -0.4 is 10.6 Å². The van der Waals surface area contributed by atoms with Gasteiger partial charge in [-0.25, -0.2) is 0 Å². The number of unbranched alkanes of at least 4 members (excludes halogenated alkanes) is 1. The fourth-order valence-corrected chi connectivity index (χ4v) is 2.01. The summed E-state index contributed by atoms with van der Waals surface area (Å²) in [6.07, 6.45) is -1.08. The Labute approximate surface area is 136 Å². The molecule has 0 fully saturated rings. The molecule has 1 heterocycles. The summed E-state index contributed by atoms with van der Waals surface area (Å²) in [7, 11) is 0. The predicted octanol–water partition coefficient (Wildman–Crippen LogP) is 4.50. The monoisotopic (exact) mass is 345 g/mol. The number of anilines is 3. The van der Waals surface area contributed by atoms with Gasteiger partial charge in [0.05, 0.1) is 16.8 Å². The van der Waals surface area contributed by atoms with E-state index in [2.05, 4.69) is 32.7 Å². The highest BCUT2D eigenvalue weighted by Gasteiger charge is 2.33. The van der Waals surface area contributed by atoms with Gasteiger partial charge in [0, 0.05) is 12.2 Å². The Morgan fingerprint density at radius 3 is 2.74 bits per heavy atom. The van der Waals surface area contributed by atoms with Crippen LogP contribution in [-0.4, -0.2) is 21.7 Å². The topological polar surface area (TPSA) is 62.7 Å². The van der Waals surface area contributed by atoms with Crippen molar-refractivity contribution < 1.29 is 13.2 Å². The number of nitrogens with one attached hydrogen (secondary N) is 2. The summed E-state index contributed by atoms with van der Waals surface area (Å²) in [5.41, 5.74) is -0.747. The fourth-order valence-electron chi connectivity index (χ4n) is 1.78. The molecule has 0 saturated carbocycles. The molecule has 124 valence electrons. The zero-order valence-electron chi connectivity index (χ0n) is 12.3. The first kappa shape index (κ1) is 17.3. The molecule has 1 aromatic heterocycles. The maximum atomic E-state index is 12.8. The van der Waals surface area contributed by atoms with E-state index in [0.717, 1.165) is 25.5 Å². The first-order valence-corrected chi connectivity index (χ1v) is 7.35. The van der Waals surface area contributed by atoms with Crippen LogP contribution >= 0.6 is 11.6 Å². The fraction of sp³-hybridized carbons (Fsp3) is 0.357. The van der Waals surface area contributed by atoms with E-state index in [4.69, 9.17) is 11.6 Å². The molecule has 2 N–H and O–H groups in total. The lowest BCUT2D eigenvalue weighted by atomic mass is 10.2. The molecule has 0 spiro atoms. The number of hydrogen-bond donors (Lipinski definition) is 2. The third-order valence-corrected chi connectivity index (χ3v) is 3.25. The molecule has 0 aliphatic heterocycles. The number of aromatic nitrogens is 3. The van der Waals surface area contributed by atoms with E-state index < -0.39 is 11.7 Å². The molecule has 9 heteroatoms. The zero-order chi connectivity index (χ0) is 16.9. The number of rotatable bonds is 6. The Bertz CT molecular complexity index is 663. The Balaban J connectivity index is 2.14. The normalized spacial score (nSPS) is 11.3. The van der Waals surface area contributed by atoms with Gasteiger partial charge in [-0.15, -0.1) is 5.10 Å². The van der Waals surface area contributed by atoms with Gasteiger partial charge in [0.2, 0.25) is 5.95 Å². The van der Waals surface area contributed by atoms with Crippen molar-refractivity contribution in [2.24, 2.45) is 0 Å². The van der Waals surface area contributed by atoms with Crippen LogP contribution in [0, 0.1) is 0 Å². The van der Waals surface area contributed by atoms with Gasteiger partial charge in [-0.3, -0.25) is 0 Å². The molecule has 0 aliphatic rings. The average molecular weight is 346 g/mol. The smallest absolute Gasteiger partial charge is 0.369 e. The Morgan fingerprint density at radius 2 is 2.04 bits per heavy atom. The Kier molecular flexibility index (Phi) is 5.59. The van der Waals surface area contributed by atoms with Crippen LogP contribution in [0.25, 0.3) is 0 Å². The lowest BCUT2D eigenvalue weighted by Crippen LogP contribution is -2.08. The van der Waals surface area contributed by atoms with Crippen molar-refractivity contribution >= 4 is 29.1 Å². The van der Waals surface area contributed by atoms with Gasteiger partial charge in [-0.2, -0.15) is 23.3 Å². The zero-order valence-corrected chi connectivity index (χ0v) is 13.0. The minimum Gasteiger partial charge on any atom is -0.369 e. The summed E-state index contributed by atoms with van der Waals surface area (Å²) in [6, 6.07) is 3.49. The van der Waals surface area contributed by atoms with Gasteiger partial charge < -0.3 is 10.6 Å². The molecule has 0 saturated heterocycles. The molecule has 0 amide bonds. The highest BCUT2D eigenvalue weighted by molar-refractivity contribution is 6.31. The standard InChI is InChI=1S/C14H15ClF3N5/c1-2-3-6-19-12-8-20-23-13(22-12)21-9-4-5-11(15)10(7-9)14(16,17)18/h4-5,7-8H,2-3,6H2,1H3,(H2,19,21,22,23). The molecule has 0 atom stereocenters. The van der Waals surface area contributed by atoms with Gasteiger partial charge in [0.15, 0.2) is 5.82 Å². The van der Waals surface area contributed by atoms with Gasteiger partial charge in [0.1, 0.15) is 0 Å². The van der Waals surface area contributed by atoms with E-state index in [1.165, 1.54) is 18.3 Å². The van der Waals surface area contributed by atoms with Gasteiger partial charge in [-0.05, 0) is 24.6 Å². The minimum atomic E-state index is -4.53. The van der Waals surface area contributed by atoms with E-state index >= 15 is 0 Å². The third-order valence-electron chi connectivity index (χ3n) is 2.92. The summed E-state index contributed by atoms with van der Waals surface area (Å²) >= 11 is 5.58. The second-order valence-corrected chi connectivity index (χ2v) is 5.17. The molecule has 1 aromatic carbocycles. The van der Waals surface area contributed by atoms with Crippen molar-refractivity contribution in [3.05, 3.63) is 35.0 Å². The second kappa shape index (κ2) is 7.45. The van der Waals surface area contributed by atoms with Crippen molar-refractivity contribution in [1.82, 2.24) is 15.2 Å². The summed E-state index contributed by atoms with van der Waals surface area (Å²) in [6.45, 7) is 2.79. The molecule has 0 unspecified atom stereocenters. The van der Waals surface area contributed by atoms with Crippen LogP contribution in [0.5, 0.6) is 0 Å². The van der Waals surface area contributed by atoms with Crippen molar-refractivity contribution in [2.45, 2.75) is 25.9 Å². The first-order valence-electron chi connectivity index (χ1n) is 6.97. The molecular formula is C14H15ClF3N5. The molecular weight excluding hydrogens is 331 g/mol. The number of nitrogens with zero attached hydrogens (tertiary/aromatic N) is 3. The quantitative estimate of drug-likeness (QED) is 0.755. The Morgan fingerprint density at radius 1 is 1.26 bits per heavy atom. The van der Waals surface area contributed by atoms with Gasteiger partial charge >= 0.3 is 6.18 Å². The molecule has 5 nitrogen and oxygen atoms in total. The van der Waals surface area contributed by atoms with Crippen LogP contribution in [0.3, 0.4) is 0 Å². The molecule has 0 bridgehead atoms. The van der Waals surface area contributed by atoms with Gasteiger partial charge in [0.25, 0.3) is 0 Å². The van der Waals surface area contributed by atoms with Crippen molar-refractivity contribution in [2.75, 3.05) is 17.2 Å². The maximum Gasteiger partial charge on any atom is 0.417 e. The number of benzene rings is 1. The summed E-state index contributed by atoms with van der Waals surface area (Å²) < 4.78 is 38.5. The number of alkyl halides is 3. The minimum absolute atomic E-state index is 0.0990. The number of halogens is 4. The lowest BCUT2D eigenvalue weighted by molar-refractivity contribution is -0.137. The SMILES string of the molecule is CCCCNc1cnnc(Nc2ccc(Cl)c(C(F)(F)F)c2)n1. The summed E-state index contributed by atoms with van der Waals surface area (Å²) in [5.74, 6) is 0.600. The number of hydrogen-bond acceptors (Lipinski definition) is 5. The maximum absolute atomic E-state index is 12.8. The largest absolute Gasteiger partial charge is 0.417 e. The summed E-state index contributed by atoms with van der Waals surface area (Å²) in [4.78, 5) is 4.14. The molecule has 23 heavy (non-hydrogen) atoms. The molecule has 0 aliphatic carbocycles. The molecule has 0 radical (unpaired) electrons. The van der Waals surface area contributed by atoms with E-state index in [-0.39, 0.29) is 16.7 Å². The highest BCUT2D eigenvalue weighted by atomic mass is 35.5. The van der Waals surface area contributed by atoms with Crippen LogP contribution in [0.2, 0.25) is 5.02 Å².